The molecule has 0 bridgehead atoms. The van der Waals surface area contributed by atoms with Gasteiger partial charge in [-0.3, -0.25) is 10.1 Å². The molecule has 0 amide bonds. The van der Waals surface area contributed by atoms with Gasteiger partial charge in [-0.25, -0.2) is 0 Å². The van der Waals surface area contributed by atoms with E-state index in [0.717, 1.165) is 0 Å². The standard InChI is InChI=1S/C16H14N2O5/c1-21-16-9-12(11-17)5-6-15(16)23-8-7-22-14-4-2-3-13(10-14)18(19)20/h2-6,9-10H,7-8H2,1H3. The molecule has 0 spiro atoms. The Balaban J connectivity index is 1.90. The normalized spacial score (nSPS) is 9.74. The third-order valence-corrected chi connectivity index (χ3v) is 2.93. The number of hydrogen-bond donors (Lipinski definition) is 0. The Morgan fingerprint density at radius 1 is 1.13 bits per heavy atom. The highest BCUT2D eigenvalue weighted by Gasteiger charge is 2.07. The number of ether oxygens (including phenoxy) is 3. The van der Waals surface area contributed by atoms with Gasteiger partial charge in [0.2, 0.25) is 0 Å². The molecule has 118 valence electrons. The lowest BCUT2D eigenvalue weighted by atomic mass is 10.2. The Bertz CT molecular complexity index is 739. The molecule has 0 heterocycles. The minimum atomic E-state index is -0.481. The second-order valence-corrected chi connectivity index (χ2v) is 4.43. The van der Waals surface area contributed by atoms with Crippen LogP contribution < -0.4 is 14.2 Å². The minimum absolute atomic E-state index is 0.0304. The average molecular weight is 314 g/mol. The molecular weight excluding hydrogens is 300 g/mol. The maximum atomic E-state index is 10.7. The molecule has 0 N–H and O–H groups in total. The average Bonchev–Trinajstić information content (AvgIpc) is 2.59. The minimum Gasteiger partial charge on any atom is -0.493 e. The number of nitrogens with zero attached hydrogens (tertiary/aromatic N) is 2. The lowest BCUT2D eigenvalue weighted by Gasteiger charge is -2.11. The Morgan fingerprint density at radius 3 is 2.61 bits per heavy atom. The van der Waals surface area contributed by atoms with Crippen LogP contribution in [0.15, 0.2) is 42.5 Å². The van der Waals surface area contributed by atoms with Crippen LogP contribution >= 0.6 is 0 Å². The Labute approximate surface area is 132 Å². The molecule has 0 fully saturated rings. The molecule has 7 heteroatoms. The van der Waals surface area contributed by atoms with E-state index in [9.17, 15) is 10.1 Å². The summed E-state index contributed by atoms with van der Waals surface area (Å²) in [4.78, 5) is 10.2. The van der Waals surface area contributed by atoms with Crippen molar-refractivity contribution in [2.24, 2.45) is 0 Å². The maximum absolute atomic E-state index is 10.7. The van der Waals surface area contributed by atoms with Gasteiger partial charge in [0.1, 0.15) is 19.0 Å². The Kier molecular flexibility index (Phi) is 5.36. The number of hydrogen-bond acceptors (Lipinski definition) is 6. The van der Waals surface area contributed by atoms with Crippen molar-refractivity contribution in [2.45, 2.75) is 0 Å². The number of non-ortho nitro benzene ring substituents is 1. The second-order valence-electron chi connectivity index (χ2n) is 4.43. The van der Waals surface area contributed by atoms with Gasteiger partial charge in [0.05, 0.1) is 29.7 Å². The van der Waals surface area contributed by atoms with Crippen LogP contribution in [0.3, 0.4) is 0 Å². The highest BCUT2D eigenvalue weighted by atomic mass is 16.6. The van der Waals surface area contributed by atoms with E-state index < -0.39 is 4.92 Å². The summed E-state index contributed by atoms with van der Waals surface area (Å²) < 4.78 is 16.1. The number of benzene rings is 2. The Morgan fingerprint density at radius 2 is 1.91 bits per heavy atom. The second kappa shape index (κ2) is 7.66. The summed E-state index contributed by atoms with van der Waals surface area (Å²) in [5.41, 5.74) is 0.444. The van der Waals surface area contributed by atoms with Crippen LogP contribution in [0.5, 0.6) is 17.2 Å². The third kappa shape index (κ3) is 4.35. The molecule has 0 radical (unpaired) electrons. The molecule has 0 aliphatic carbocycles. The van der Waals surface area contributed by atoms with E-state index in [1.54, 1.807) is 30.3 Å². The molecule has 0 saturated heterocycles. The Hall–Kier alpha value is -3.27. The van der Waals surface area contributed by atoms with Gasteiger partial charge in [-0.1, -0.05) is 6.07 Å². The van der Waals surface area contributed by atoms with Crippen molar-refractivity contribution in [3.05, 3.63) is 58.1 Å². The predicted molar refractivity (Wildman–Crippen MR) is 81.8 cm³/mol. The number of nitro benzene ring substituents is 1. The summed E-state index contributed by atoms with van der Waals surface area (Å²) in [6, 6.07) is 12.8. The van der Waals surface area contributed by atoms with Crippen molar-refractivity contribution in [1.29, 1.82) is 5.26 Å². The first-order valence-electron chi connectivity index (χ1n) is 6.72. The molecule has 2 aromatic carbocycles. The van der Waals surface area contributed by atoms with Gasteiger partial charge in [0.25, 0.3) is 5.69 Å². The fourth-order valence-electron chi connectivity index (χ4n) is 1.85. The fourth-order valence-corrected chi connectivity index (χ4v) is 1.85. The van der Waals surface area contributed by atoms with Gasteiger partial charge in [-0.2, -0.15) is 5.26 Å². The summed E-state index contributed by atoms with van der Waals surface area (Å²) in [7, 11) is 1.49. The summed E-state index contributed by atoms with van der Waals surface area (Å²) in [6.45, 7) is 0.440. The monoisotopic (exact) mass is 314 g/mol. The molecule has 0 unspecified atom stereocenters. The SMILES string of the molecule is COc1cc(C#N)ccc1OCCOc1cccc([N+](=O)[O-])c1. The molecule has 23 heavy (non-hydrogen) atoms. The molecule has 0 aliphatic rings. The van der Waals surface area contributed by atoms with E-state index in [1.165, 1.54) is 19.2 Å². The fraction of sp³-hybridized carbons (Fsp3) is 0.188. The predicted octanol–water partition coefficient (Wildman–Crippen LogP) is 2.93. The largest absolute Gasteiger partial charge is 0.493 e. The molecule has 0 aromatic heterocycles. The van der Waals surface area contributed by atoms with Crippen LogP contribution in [0.2, 0.25) is 0 Å². The first kappa shape index (κ1) is 16.1. The smallest absolute Gasteiger partial charge is 0.273 e. The van der Waals surface area contributed by atoms with Crippen LogP contribution in [0, 0.1) is 21.4 Å². The molecular formula is C16H14N2O5. The topological polar surface area (TPSA) is 94.6 Å². The maximum Gasteiger partial charge on any atom is 0.273 e. The van der Waals surface area contributed by atoms with Crippen molar-refractivity contribution in [3.8, 4) is 23.3 Å². The van der Waals surface area contributed by atoms with E-state index in [0.29, 0.717) is 22.8 Å². The lowest BCUT2D eigenvalue weighted by Crippen LogP contribution is -2.09. The van der Waals surface area contributed by atoms with Crippen molar-refractivity contribution in [1.82, 2.24) is 0 Å². The van der Waals surface area contributed by atoms with E-state index >= 15 is 0 Å². The summed E-state index contributed by atoms with van der Waals surface area (Å²) in [5.74, 6) is 1.35. The van der Waals surface area contributed by atoms with E-state index in [4.69, 9.17) is 19.5 Å². The van der Waals surface area contributed by atoms with Gasteiger partial charge in [0, 0.05) is 12.1 Å². The van der Waals surface area contributed by atoms with Crippen LogP contribution in [0.25, 0.3) is 0 Å². The number of nitro groups is 1. The number of rotatable bonds is 7. The zero-order valence-electron chi connectivity index (χ0n) is 12.4. The van der Waals surface area contributed by atoms with Crippen molar-refractivity contribution in [3.63, 3.8) is 0 Å². The summed E-state index contributed by atoms with van der Waals surface area (Å²) >= 11 is 0. The molecule has 2 aromatic rings. The first-order chi connectivity index (χ1) is 11.1. The highest BCUT2D eigenvalue weighted by molar-refractivity contribution is 5.46. The highest BCUT2D eigenvalue weighted by Crippen LogP contribution is 2.27. The van der Waals surface area contributed by atoms with Crippen LogP contribution in [-0.4, -0.2) is 25.2 Å². The third-order valence-electron chi connectivity index (χ3n) is 2.93. The van der Waals surface area contributed by atoms with Crippen LogP contribution in [-0.2, 0) is 0 Å². The van der Waals surface area contributed by atoms with Crippen molar-refractivity contribution in [2.75, 3.05) is 20.3 Å². The number of methoxy groups -OCH3 is 1. The molecule has 7 nitrogen and oxygen atoms in total. The van der Waals surface area contributed by atoms with Crippen molar-refractivity contribution < 1.29 is 19.1 Å². The lowest BCUT2D eigenvalue weighted by molar-refractivity contribution is -0.384. The van der Waals surface area contributed by atoms with E-state index in [1.807, 2.05) is 6.07 Å². The quantitative estimate of drug-likeness (QED) is 0.443. The van der Waals surface area contributed by atoms with Gasteiger partial charge in [-0.15, -0.1) is 0 Å². The first-order valence-corrected chi connectivity index (χ1v) is 6.72. The summed E-state index contributed by atoms with van der Waals surface area (Å²) in [5, 5.41) is 19.5. The number of nitriles is 1. The van der Waals surface area contributed by atoms with Gasteiger partial charge in [-0.05, 0) is 18.2 Å². The molecule has 0 atom stereocenters. The molecule has 0 saturated carbocycles. The van der Waals surface area contributed by atoms with Gasteiger partial charge < -0.3 is 14.2 Å². The van der Waals surface area contributed by atoms with E-state index in [-0.39, 0.29) is 18.9 Å². The van der Waals surface area contributed by atoms with Gasteiger partial charge >= 0.3 is 0 Å². The van der Waals surface area contributed by atoms with Crippen LogP contribution in [0.4, 0.5) is 5.69 Å². The van der Waals surface area contributed by atoms with Crippen molar-refractivity contribution >= 4 is 5.69 Å². The van der Waals surface area contributed by atoms with Gasteiger partial charge in [0.15, 0.2) is 11.5 Å². The molecule has 2 rings (SSSR count). The van der Waals surface area contributed by atoms with Crippen LogP contribution in [0.1, 0.15) is 5.56 Å². The molecule has 0 aliphatic heterocycles. The van der Waals surface area contributed by atoms with E-state index in [2.05, 4.69) is 0 Å². The zero-order chi connectivity index (χ0) is 16.7. The zero-order valence-corrected chi connectivity index (χ0v) is 12.4. The summed E-state index contributed by atoms with van der Waals surface area (Å²) in [6.07, 6.45) is 0.